The second-order valence-corrected chi connectivity index (χ2v) is 10.3. The third kappa shape index (κ3) is 4.83. The fourth-order valence-corrected chi connectivity index (χ4v) is 5.56. The molecule has 0 unspecified atom stereocenters. The Balaban J connectivity index is 1.25. The third-order valence-corrected chi connectivity index (χ3v) is 7.66. The van der Waals surface area contributed by atoms with Gasteiger partial charge in [-0.1, -0.05) is 97.1 Å². The van der Waals surface area contributed by atoms with Gasteiger partial charge in [0.1, 0.15) is 0 Å². The van der Waals surface area contributed by atoms with Crippen molar-refractivity contribution in [3.8, 4) is 17.2 Å². The van der Waals surface area contributed by atoms with Crippen molar-refractivity contribution in [1.82, 2.24) is 0 Å². The first-order chi connectivity index (χ1) is 20.8. The number of hydrogen-bond acceptors (Lipinski definition) is 3. The zero-order chi connectivity index (χ0) is 28.3. The molecule has 3 nitrogen and oxygen atoms in total. The third-order valence-electron chi connectivity index (χ3n) is 7.66. The summed E-state index contributed by atoms with van der Waals surface area (Å²) in [6.45, 7) is 0. The second kappa shape index (κ2) is 11.0. The van der Waals surface area contributed by atoms with Crippen molar-refractivity contribution in [3.63, 3.8) is 0 Å². The highest BCUT2D eigenvalue weighted by Crippen LogP contribution is 2.42. The summed E-state index contributed by atoms with van der Waals surface area (Å²) in [4.78, 5) is 2.37. The standard InChI is InChI=1S/C39H27N3/c40-27-28-15-21-33(22-16-28)41-34-23-17-29(18-24-34)30-19-25-35(26-20-30)42(38-13-5-9-31-7-1-3-11-36(31)38)39-14-6-10-32-8-2-4-12-37(32)39/h1-26,41H. The lowest BCUT2D eigenvalue weighted by Crippen LogP contribution is -2.11. The van der Waals surface area contributed by atoms with Crippen LogP contribution in [0.25, 0.3) is 32.7 Å². The number of nitrogens with zero attached hydrogens (tertiary/aromatic N) is 2. The quantitative estimate of drug-likeness (QED) is 0.229. The highest BCUT2D eigenvalue weighted by Gasteiger charge is 2.17. The van der Waals surface area contributed by atoms with Crippen LogP contribution in [0.2, 0.25) is 0 Å². The van der Waals surface area contributed by atoms with E-state index in [1.165, 1.54) is 21.5 Å². The van der Waals surface area contributed by atoms with E-state index in [2.05, 4.69) is 150 Å². The molecule has 0 aliphatic heterocycles. The predicted octanol–water partition coefficient (Wildman–Crippen LogP) is 10.7. The number of benzene rings is 7. The van der Waals surface area contributed by atoms with Crippen LogP contribution in [0.15, 0.2) is 158 Å². The van der Waals surface area contributed by atoms with Crippen LogP contribution in [0.1, 0.15) is 5.56 Å². The van der Waals surface area contributed by atoms with Gasteiger partial charge in [0.2, 0.25) is 0 Å². The van der Waals surface area contributed by atoms with Gasteiger partial charge in [-0.25, -0.2) is 0 Å². The van der Waals surface area contributed by atoms with Crippen LogP contribution in [-0.2, 0) is 0 Å². The molecular formula is C39H27N3. The van der Waals surface area contributed by atoms with Crippen LogP contribution in [0, 0.1) is 11.3 Å². The molecule has 7 aromatic carbocycles. The first-order valence-electron chi connectivity index (χ1n) is 14.0. The maximum atomic E-state index is 9.03. The van der Waals surface area contributed by atoms with E-state index in [4.69, 9.17) is 5.26 Å². The Morgan fingerprint density at radius 1 is 0.452 bits per heavy atom. The zero-order valence-corrected chi connectivity index (χ0v) is 22.9. The number of nitrogens with one attached hydrogen (secondary N) is 1. The molecule has 42 heavy (non-hydrogen) atoms. The molecule has 0 aliphatic rings. The minimum absolute atomic E-state index is 0.652. The fraction of sp³-hybridized carbons (Fsp3) is 0. The lowest BCUT2D eigenvalue weighted by Gasteiger charge is -2.28. The molecule has 0 radical (unpaired) electrons. The lowest BCUT2D eigenvalue weighted by molar-refractivity contribution is 1.31. The Kier molecular flexibility index (Phi) is 6.56. The molecule has 0 atom stereocenters. The molecule has 0 saturated heterocycles. The largest absolute Gasteiger partial charge is 0.356 e. The SMILES string of the molecule is N#Cc1ccc(Nc2ccc(-c3ccc(N(c4cccc5ccccc45)c4cccc5ccccc45)cc3)cc2)cc1. The molecule has 3 heteroatoms. The van der Waals surface area contributed by atoms with Crippen LogP contribution in [0.5, 0.6) is 0 Å². The van der Waals surface area contributed by atoms with E-state index >= 15 is 0 Å². The average Bonchev–Trinajstić information content (AvgIpc) is 3.06. The summed E-state index contributed by atoms with van der Waals surface area (Å²) < 4.78 is 0. The number of rotatable bonds is 6. The molecule has 0 fully saturated rings. The lowest BCUT2D eigenvalue weighted by atomic mass is 10.0. The number of anilines is 5. The van der Waals surface area contributed by atoms with Crippen LogP contribution in [-0.4, -0.2) is 0 Å². The van der Waals surface area contributed by atoms with Gasteiger partial charge < -0.3 is 10.2 Å². The van der Waals surface area contributed by atoms with Gasteiger partial charge in [-0.15, -0.1) is 0 Å². The zero-order valence-electron chi connectivity index (χ0n) is 22.9. The maximum absolute atomic E-state index is 9.03. The fourth-order valence-electron chi connectivity index (χ4n) is 5.56. The topological polar surface area (TPSA) is 39.1 Å². The maximum Gasteiger partial charge on any atom is 0.0991 e. The molecule has 198 valence electrons. The van der Waals surface area contributed by atoms with Crippen molar-refractivity contribution in [3.05, 3.63) is 163 Å². The average molecular weight is 538 g/mol. The van der Waals surface area contributed by atoms with Gasteiger partial charge in [0.25, 0.3) is 0 Å². The Hall–Kier alpha value is -5.85. The molecule has 0 saturated carbocycles. The van der Waals surface area contributed by atoms with Gasteiger partial charge in [0.05, 0.1) is 23.0 Å². The Morgan fingerprint density at radius 2 is 0.905 bits per heavy atom. The highest BCUT2D eigenvalue weighted by molar-refractivity contribution is 6.04. The van der Waals surface area contributed by atoms with E-state index in [9.17, 15) is 0 Å². The number of fused-ring (bicyclic) bond motifs is 2. The van der Waals surface area contributed by atoms with Crippen molar-refractivity contribution in [1.29, 1.82) is 5.26 Å². The molecule has 0 bridgehead atoms. The molecule has 1 N–H and O–H groups in total. The molecule has 7 aromatic rings. The van der Waals surface area contributed by atoms with Gasteiger partial charge >= 0.3 is 0 Å². The van der Waals surface area contributed by atoms with Crippen molar-refractivity contribution in [2.75, 3.05) is 10.2 Å². The van der Waals surface area contributed by atoms with E-state index in [1.54, 1.807) is 0 Å². The highest BCUT2D eigenvalue weighted by atomic mass is 15.1. The Labute approximate surface area is 245 Å². The van der Waals surface area contributed by atoms with Gasteiger partial charge in [0, 0.05) is 27.8 Å². The van der Waals surface area contributed by atoms with Gasteiger partial charge in [-0.2, -0.15) is 5.26 Å². The summed E-state index contributed by atoms with van der Waals surface area (Å²) in [6, 6.07) is 57.0. The Morgan fingerprint density at radius 3 is 1.43 bits per heavy atom. The van der Waals surface area contributed by atoms with Crippen molar-refractivity contribution in [2.45, 2.75) is 0 Å². The molecule has 7 rings (SSSR count). The van der Waals surface area contributed by atoms with Crippen LogP contribution in [0.4, 0.5) is 28.4 Å². The minimum Gasteiger partial charge on any atom is -0.356 e. The van der Waals surface area contributed by atoms with E-state index in [-0.39, 0.29) is 0 Å². The van der Waals surface area contributed by atoms with E-state index in [0.29, 0.717) is 5.56 Å². The summed E-state index contributed by atoms with van der Waals surface area (Å²) in [5, 5.41) is 17.3. The van der Waals surface area contributed by atoms with Crippen LogP contribution in [0.3, 0.4) is 0 Å². The first kappa shape index (κ1) is 25.1. The van der Waals surface area contributed by atoms with Crippen molar-refractivity contribution in [2.24, 2.45) is 0 Å². The summed E-state index contributed by atoms with van der Waals surface area (Å²) >= 11 is 0. The summed E-state index contributed by atoms with van der Waals surface area (Å²) in [5.41, 5.74) is 8.30. The van der Waals surface area contributed by atoms with Crippen molar-refractivity contribution >= 4 is 50.0 Å². The summed E-state index contributed by atoms with van der Waals surface area (Å²) in [7, 11) is 0. The summed E-state index contributed by atoms with van der Waals surface area (Å²) in [5.74, 6) is 0. The Bertz CT molecular complexity index is 1960. The molecule has 0 aliphatic carbocycles. The molecule has 0 aromatic heterocycles. The number of hydrogen-bond donors (Lipinski definition) is 1. The van der Waals surface area contributed by atoms with Crippen molar-refractivity contribution < 1.29 is 0 Å². The predicted molar refractivity (Wildman–Crippen MR) is 176 cm³/mol. The minimum atomic E-state index is 0.652. The van der Waals surface area contributed by atoms with Gasteiger partial charge in [-0.05, 0) is 82.6 Å². The van der Waals surface area contributed by atoms with E-state index in [0.717, 1.165) is 39.6 Å². The second-order valence-electron chi connectivity index (χ2n) is 10.3. The normalized spacial score (nSPS) is 10.8. The smallest absolute Gasteiger partial charge is 0.0991 e. The molecule has 0 amide bonds. The first-order valence-corrected chi connectivity index (χ1v) is 14.0. The van der Waals surface area contributed by atoms with Crippen LogP contribution < -0.4 is 10.2 Å². The van der Waals surface area contributed by atoms with E-state index in [1.807, 2.05) is 24.3 Å². The monoisotopic (exact) mass is 537 g/mol. The molecule has 0 spiro atoms. The van der Waals surface area contributed by atoms with Gasteiger partial charge in [-0.3, -0.25) is 0 Å². The van der Waals surface area contributed by atoms with Crippen LogP contribution >= 0.6 is 0 Å². The van der Waals surface area contributed by atoms with E-state index < -0.39 is 0 Å². The molecular weight excluding hydrogens is 510 g/mol. The number of nitriles is 1. The summed E-state index contributed by atoms with van der Waals surface area (Å²) in [6.07, 6.45) is 0. The molecule has 0 heterocycles. The van der Waals surface area contributed by atoms with Gasteiger partial charge in [0.15, 0.2) is 0 Å².